The van der Waals surface area contributed by atoms with E-state index < -0.39 is 23.7 Å². The Labute approximate surface area is 175 Å². The Balaban J connectivity index is 1.74. The number of amides is 2. The number of anilines is 1. The van der Waals surface area contributed by atoms with Gasteiger partial charge in [-0.3, -0.25) is 4.79 Å². The summed E-state index contributed by atoms with van der Waals surface area (Å²) in [5, 5.41) is 12.4. The molecule has 1 aromatic heterocycles. The van der Waals surface area contributed by atoms with E-state index in [4.69, 9.17) is 10.00 Å². The van der Waals surface area contributed by atoms with Gasteiger partial charge < -0.3 is 19.9 Å². The quantitative estimate of drug-likeness (QED) is 0.668. The molecule has 158 valence electrons. The molecule has 1 aliphatic heterocycles. The van der Waals surface area contributed by atoms with Crippen molar-refractivity contribution in [1.29, 1.82) is 5.26 Å². The summed E-state index contributed by atoms with van der Waals surface area (Å²) in [5.41, 5.74) is 0.816. The molecular formula is C22H18F2N4O3. The number of hydrogen-bond donors (Lipinski definition) is 2. The number of aromatic nitrogens is 1. The third-order valence-electron chi connectivity index (χ3n) is 5.28. The van der Waals surface area contributed by atoms with Gasteiger partial charge in [0, 0.05) is 28.9 Å². The molecule has 1 aliphatic rings. The monoisotopic (exact) mass is 424 g/mol. The molecule has 0 unspecified atom stereocenters. The molecule has 0 aliphatic carbocycles. The lowest BCUT2D eigenvalue weighted by Crippen LogP contribution is -2.42. The van der Waals surface area contributed by atoms with E-state index in [1.165, 1.54) is 35.2 Å². The van der Waals surface area contributed by atoms with Crippen molar-refractivity contribution >= 4 is 22.5 Å². The number of carbonyl (C=O) groups excluding carboxylic acids is 1. The zero-order valence-electron chi connectivity index (χ0n) is 16.5. The number of hydrogen-bond acceptors (Lipinski definition) is 4. The molecule has 4 rings (SSSR count). The third kappa shape index (κ3) is 3.73. The lowest BCUT2D eigenvalue weighted by molar-refractivity contribution is 0.0471. The van der Waals surface area contributed by atoms with Crippen LogP contribution >= 0.6 is 0 Å². The van der Waals surface area contributed by atoms with Gasteiger partial charge in [0.1, 0.15) is 17.7 Å². The van der Waals surface area contributed by atoms with Crippen LogP contribution in [0.5, 0.6) is 0 Å². The summed E-state index contributed by atoms with van der Waals surface area (Å²) in [4.78, 5) is 29.7. The first-order valence-corrected chi connectivity index (χ1v) is 9.62. The number of urea groups is 1. The van der Waals surface area contributed by atoms with Gasteiger partial charge in [-0.2, -0.15) is 5.26 Å². The van der Waals surface area contributed by atoms with Crippen molar-refractivity contribution in [3.05, 3.63) is 75.2 Å². The Kier molecular flexibility index (Phi) is 5.40. The Morgan fingerprint density at radius 3 is 2.84 bits per heavy atom. The highest BCUT2D eigenvalue weighted by Crippen LogP contribution is 2.34. The molecule has 7 nitrogen and oxygen atoms in total. The number of fused-ring (bicyclic) bond motifs is 3. The van der Waals surface area contributed by atoms with E-state index in [1.54, 1.807) is 13.0 Å². The van der Waals surface area contributed by atoms with Crippen LogP contribution in [0.25, 0.3) is 10.8 Å². The Morgan fingerprint density at radius 2 is 2.10 bits per heavy atom. The number of likely N-dealkylation sites (N-methyl/N-ethyl adjacent to an activating group) is 1. The van der Waals surface area contributed by atoms with E-state index in [1.807, 2.05) is 0 Å². The third-order valence-corrected chi connectivity index (χ3v) is 5.28. The standard InChI is InChI=1S/C22H18F2N4O3/c1-2-28(22(30)26-14-4-6-17(24)12(7-14)9-25)19-11-31-10-18-20(19)16-8-13(23)3-5-15(16)21(29)27-18/h3-8,19H,2,10-11H2,1H3,(H,26,30)(H,27,29)/t19-/m0/s1. The first kappa shape index (κ1) is 20.5. The van der Waals surface area contributed by atoms with Crippen molar-refractivity contribution in [3.8, 4) is 6.07 Å². The molecule has 0 spiro atoms. The molecule has 3 aromatic rings. The lowest BCUT2D eigenvalue weighted by Gasteiger charge is -2.35. The fourth-order valence-corrected chi connectivity index (χ4v) is 3.86. The molecule has 2 heterocycles. The van der Waals surface area contributed by atoms with Gasteiger partial charge in [-0.15, -0.1) is 0 Å². The summed E-state index contributed by atoms with van der Waals surface area (Å²) in [6.07, 6.45) is 0. The van der Waals surface area contributed by atoms with Gasteiger partial charge in [-0.25, -0.2) is 13.6 Å². The molecule has 0 bridgehead atoms. The number of benzene rings is 2. The van der Waals surface area contributed by atoms with E-state index in [0.29, 0.717) is 22.0 Å². The molecule has 31 heavy (non-hydrogen) atoms. The number of carbonyl (C=O) groups is 1. The van der Waals surface area contributed by atoms with Crippen LogP contribution < -0.4 is 10.9 Å². The number of rotatable bonds is 3. The van der Waals surface area contributed by atoms with Crippen LogP contribution in [-0.4, -0.2) is 29.1 Å². The number of aromatic amines is 1. The Morgan fingerprint density at radius 1 is 1.29 bits per heavy atom. The summed E-state index contributed by atoms with van der Waals surface area (Å²) < 4.78 is 33.2. The molecule has 2 N–H and O–H groups in total. The van der Waals surface area contributed by atoms with Crippen molar-refractivity contribution in [2.75, 3.05) is 18.5 Å². The lowest BCUT2D eigenvalue weighted by atomic mass is 9.95. The average molecular weight is 424 g/mol. The SMILES string of the molecule is CCN(C(=O)Nc1ccc(F)c(C#N)c1)[C@H]1COCc2[nH]c(=O)c3ccc(F)cc3c21. The number of H-pyrrole nitrogens is 1. The first-order chi connectivity index (χ1) is 14.9. The highest BCUT2D eigenvalue weighted by molar-refractivity contribution is 5.91. The normalized spacial score (nSPS) is 15.2. The van der Waals surface area contributed by atoms with Crippen molar-refractivity contribution in [2.45, 2.75) is 19.6 Å². The summed E-state index contributed by atoms with van der Waals surface area (Å²) in [6, 6.07) is 8.24. The maximum absolute atomic E-state index is 14.0. The van der Waals surface area contributed by atoms with Gasteiger partial charge in [-0.1, -0.05) is 0 Å². The summed E-state index contributed by atoms with van der Waals surface area (Å²) in [5.74, 6) is -1.17. The van der Waals surface area contributed by atoms with Crippen LogP contribution in [0, 0.1) is 23.0 Å². The second-order valence-corrected chi connectivity index (χ2v) is 7.09. The smallest absolute Gasteiger partial charge is 0.322 e. The summed E-state index contributed by atoms with van der Waals surface area (Å²) in [6.45, 7) is 2.34. The maximum Gasteiger partial charge on any atom is 0.322 e. The largest absolute Gasteiger partial charge is 0.373 e. The summed E-state index contributed by atoms with van der Waals surface area (Å²) in [7, 11) is 0. The Hall–Kier alpha value is -3.77. The van der Waals surface area contributed by atoms with Gasteiger partial charge in [0.25, 0.3) is 5.56 Å². The van der Waals surface area contributed by atoms with E-state index in [9.17, 15) is 18.4 Å². The second kappa shape index (κ2) is 8.16. The van der Waals surface area contributed by atoms with Crippen LogP contribution in [0.4, 0.5) is 19.3 Å². The molecule has 0 saturated carbocycles. The van der Waals surface area contributed by atoms with Crippen LogP contribution in [0.3, 0.4) is 0 Å². The number of nitrogens with one attached hydrogen (secondary N) is 2. The summed E-state index contributed by atoms with van der Waals surface area (Å²) >= 11 is 0. The van der Waals surface area contributed by atoms with Crippen LogP contribution in [0.1, 0.15) is 29.8 Å². The number of ether oxygens (including phenoxy) is 1. The minimum absolute atomic E-state index is 0.135. The zero-order valence-corrected chi connectivity index (χ0v) is 16.5. The van der Waals surface area contributed by atoms with Gasteiger partial charge >= 0.3 is 6.03 Å². The topological polar surface area (TPSA) is 98.2 Å². The van der Waals surface area contributed by atoms with Crippen molar-refractivity contribution in [2.24, 2.45) is 0 Å². The maximum atomic E-state index is 14.0. The number of halogens is 2. The number of nitriles is 1. The average Bonchev–Trinajstić information content (AvgIpc) is 2.75. The predicted octanol–water partition coefficient (Wildman–Crippen LogP) is 3.80. The number of pyridine rings is 1. The minimum atomic E-state index is -0.681. The van der Waals surface area contributed by atoms with Crippen molar-refractivity contribution in [1.82, 2.24) is 9.88 Å². The van der Waals surface area contributed by atoms with E-state index in [0.717, 1.165) is 6.07 Å². The van der Waals surface area contributed by atoms with Crippen molar-refractivity contribution in [3.63, 3.8) is 0 Å². The zero-order chi connectivity index (χ0) is 22.1. The first-order valence-electron chi connectivity index (χ1n) is 9.62. The fraction of sp³-hybridized carbons (Fsp3) is 0.227. The second-order valence-electron chi connectivity index (χ2n) is 7.09. The molecule has 9 heteroatoms. The fourth-order valence-electron chi connectivity index (χ4n) is 3.86. The molecule has 2 amide bonds. The highest BCUT2D eigenvalue weighted by atomic mass is 19.1. The Bertz CT molecular complexity index is 1280. The molecule has 0 radical (unpaired) electrons. The van der Waals surface area contributed by atoms with Crippen molar-refractivity contribution < 1.29 is 18.3 Å². The predicted molar refractivity (Wildman–Crippen MR) is 109 cm³/mol. The molecule has 1 atom stereocenters. The van der Waals surface area contributed by atoms with Crippen LogP contribution in [-0.2, 0) is 11.3 Å². The van der Waals surface area contributed by atoms with Gasteiger partial charge in [0.15, 0.2) is 0 Å². The van der Waals surface area contributed by atoms with Crippen LogP contribution in [0.15, 0.2) is 41.2 Å². The molecular weight excluding hydrogens is 406 g/mol. The van der Waals surface area contributed by atoms with Gasteiger partial charge in [-0.05, 0) is 48.7 Å². The molecule has 2 aromatic carbocycles. The van der Waals surface area contributed by atoms with Crippen LogP contribution in [0.2, 0.25) is 0 Å². The number of nitrogens with zero attached hydrogens (tertiary/aromatic N) is 2. The minimum Gasteiger partial charge on any atom is -0.373 e. The van der Waals surface area contributed by atoms with E-state index in [-0.39, 0.29) is 36.6 Å². The molecule has 0 fully saturated rings. The van der Waals surface area contributed by atoms with Gasteiger partial charge in [0.05, 0.1) is 24.8 Å². The van der Waals surface area contributed by atoms with E-state index in [2.05, 4.69) is 10.3 Å². The molecule has 0 saturated heterocycles. The van der Waals surface area contributed by atoms with Gasteiger partial charge in [0.2, 0.25) is 0 Å². The highest BCUT2D eigenvalue weighted by Gasteiger charge is 2.32. The van der Waals surface area contributed by atoms with E-state index >= 15 is 0 Å².